The molecule has 0 aromatic heterocycles. The maximum Gasteiger partial charge on any atom is 0.339 e. The van der Waals surface area contributed by atoms with Crippen LogP contribution in [0.1, 0.15) is 116 Å². The number of hydrogen-bond donors (Lipinski definition) is 18. The van der Waals surface area contributed by atoms with E-state index in [2.05, 4.69) is 26.6 Å². The van der Waals surface area contributed by atoms with Crippen molar-refractivity contribution in [3.63, 3.8) is 0 Å². The molecule has 0 spiro atoms. The molecule has 0 radical (unpaired) electrons. The van der Waals surface area contributed by atoms with Gasteiger partial charge in [0, 0.05) is 48.4 Å². The zero-order chi connectivity index (χ0) is 71.7. The van der Waals surface area contributed by atoms with Crippen molar-refractivity contribution in [1.29, 1.82) is 0 Å². The largest absolute Gasteiger partial charge is 0.507 e. The van der Waals surface area contributed by atoms with Gasteiger partial charge in [0.15, 0.2) is 29.1 Å². The fourth-order valence-electron chi connectivity index (χ4n) is 12.0. The number of carboxylic acids is 1. The number of Topliss-reactive ketones (excluding diaryl/α,β-unsaturated/α-hetero) is 2. The fourth-order valence-corrected chi connectivity index (χ4v) is 12.9. The van der Waals surface area contributed by atoms with Gasteiger partial charge in [-0.1, -0.05) is 62.2 Å². The number of primary amides is 1. The highest BCUT2D eigenvalue weighted by molar-refractivity contribution is 7.51. The van der Waals surface area contributed by atoms with Crippen LogP contribution in [0.5, 0.6) is 46.0 Å². The summed E-state index contributed by atoms with van der Waals surface area (Å²) in [6.45, 7) is 3.75. The number of carboxylic acid groups (broad SMARTS) is 1. The number of aromatic hydroxyl groups is 3. The quantitative estimate of drug-likeness (QED) is 0.0670. The number of rotatable bonds is 15. The highest BCUT2D eigenvalue weighted by Gasteiger charge is 2.47. The highest BCUT2D eigenvalue weighted by Crippen LogP contribution is 2.51. The lowest BCUT2D eigenvalue weighted by molar-refractivity contribution is -0.277. The number of phenols is 3. The minimum absolute atomic E-state index is 0.0227. The Hall–Kier alpha value is -8.53. The van der Waals surface area contributed by atoms with Crippen LogP contribution in [0.15, 0.2) is 72.8 Å². The lowest BCUT2D eigenvalue weighted by Gasteiger charge is -2.39. The summed E-state index contributed by atoms with van der Waals surface area (Å²) in [5.74, 6) is -20.1. The second-order valence-electron chi connectivity index (χ2n) is 24.5. The maximum absolute atomic E-state index is 16.0. The van der Waals surface area contributed by atoms with Gasteiger partial charge in [-0.15, -0.1) is 0 Å². The van der Waals surface area contributed by atoms with Crippen LogP contribution in [0.2, 0.25) is 10.0 Å². The molecule has 0 aliphatic carbocycles. The second-order valence-corrected chi connectivity index (χ2v) is 27.0. The smallest absolute Gasteiger partial charge is 0.339 e. The molecular weight excluding hydrogens is 1350 g/mol. The van der Waals surface area contributed by atoms with E-state index in [-0.39, 0.29) is 39.8 Å². The van der Waals surface area contributed by atoms with Crippen molar-refractivity contribution in [3.05, 3.63) is 116 Å². The molecule has 0 saturated carbocycles. The van der Waals surface area contributed by atoms with Crippen LogP contribution in [0.4, 0.5) is 0 Å². The van der Waals surface area contributed by atoms with E-state index in [4.69, 9.17) is 47.9 Å². The molecule has 5 aromatic rings. The Morgan fingerprint density at radius 2 is 1.36 bits per heavy atom. The number of nitrogens with one attached hydrogen (secondary N) is 5. The monoisotopic (exact) mass is 1420 g/mol. The average molecular weight is 1430 g/mol. The van der Waals surface area contributed by atoms with Crippen molar-refractivity contribution in [3.8, 4) is 57.1 Å². The van der Waals surface area contributed by atoms with Gasteiger partial charge < -0.3 is 112 Å². The number of phenolic OH excluding ortho intramolecular Hbond substituents is 3. The standard InChI is InChI=1S/C64H71Cl2N6O25P/c1-4-25(11-24(2)3)59(85)71-50-39(76)15-30(18-46(67)78)60(86)69-48-29-16-43(94-41-9-6-27(52(50)79)13-35(41)65)58(97-64-57(84)56(83)55(82)45(22-73)96-64)44(17-29)95-42-10-7-28(14-36(42)66)53(80)51-62(88)70-49(63(89)90)33-20-38(75)34(21-68-23-98(91,92)93)54(81)47(33)32-12-26(5-8-37(32)74)31(19-40(48)77)61(87)72-51/h5-10,12-14,16-17,20,24-25,30-31,45,48-53,55-57,64,68,73-75,79-84H,4,11,15,18-19,21-23H2,1-3H3,(H2,67,78)(H,69,86)(H,70,88)(H,71,85)(H,72,87)(H,89,90)(H2,91,92,93)/t25-,30+,31?,45?,48-,49+,50+,51+,52-,53-,55?,56?,57?,64?/m1/s1. The average Bonchev–Trinajstić information content (AvgIpc) is 0.762. The Labute approximate surface area is 566 Å². The molecule has 6 heterocycles. The number of amides is 5. The number of aliphatic carboxylic acids is 1. The van der Waals surface area contributed by atoms with Gasteiger partial charge in [0.25, 0.3) is 0 Å². The Morgan fingerprint density at radius 3 is 1.93 bits per heavy atom. The van der Waals surface area contributed by atoms with Crippen LogP contribution in [0, 0.1) is 17.8 Å². The Morgan fingerprint density at radius 1 is 0.735 bits per heavy atom. The van der Waals surface area contributed by atoms with Gasteiger partial charge in [-0.3, -0.25) is 38.1 Å². The van der Waals surface area contributed by atoms with E-state index in [0.29, 0.717) is 6.42 Å². The number of aliphatic hydroxyl groups is 6. The zero-order valence-corrected chi connectivity index (χ0v) is 54.6. The lowest BCUT2D eigenvalue weighted by Crippen LogP contribution is -2.60. The zero-order valence-electron chi connectivity index (χ0n) is 52.2. The molecule has 34 heteroatoms. The first kappa shape index (κ1) is 73.7. The Bertz CT molecular complexity index is 4020. The van der Waals surface area contributed by atoms with E-state index in [1.165, 1.54) is 12.1 Å². The SMILES string of the molecule is CC[C@H](CC(C)C)C(=O)N[C@H]1C(=O)C[C@@H](CC(N)=O)C(=O)N[C@H]2C(=O)CC3C(=O)N[C@H](C(=O)N[C@H](C(=O)O)c4cc(O)c(CNCP(=O)(O)O)c(O)c4-c4cc3ccc4O)[C@H](O)c3ccc(c(Cl)c3)Oc3cc2cc(c3OC2OC(CO)C(O)C(O)C2O)Oc2ccc(cc2Cl)[C@H]1O. The maximum atomic E-state index is 16.0. The molecule has 6 aliphatic rings. The predicted molar refractivity (Wildman–Crippen MR) is 340 cm³/mol. The number of ether oxygens (including phenoxy) is 4. The summed E-state index contributed by atoms with van der Waals surface area (Å²) in [5, 5.41) is 125. The molecule has 31 nitrogen and oxygen atoms in total. The van der Waals surface area contributed by atoms with Gasteiger partial charge in [0.2, 0.25) is 41.6 Å². The third-order valence-electron chi connectivity index (χ3n) is 17.1. The normalized spacial score (nSPS) is 25.6. The summed E-state index contributed by atoms with van der Waals surface area (Å²) in [7, 11) is -4.81. The molecule has 11 bridgehead atoms. The van der Waals surface area contributed by atoms with Crippen molar-refractivity contribution in [2.75, 3.05) is 12.9 Å². The molecule has 5 aromatic carbocycles. The molecule has 19 N–H and O–H groups in total. The fraction of sp³-hybridized carbons (Fsp3) is 0.406. The van der Waals surface area contributed by atoms with Crippen LogP contribution in [0.25, 0.3) is 11.1 Å². The van der Waals surface area contributed by atoms with Crippen molar-refractivity contribution in [2.24, 2.45) is 23.5 Å². The van der Waals surface area contributed by atoms with E-state index in [9.17, 15) is 89.4 Å². The van der Waals surface area contributed by atoms with Crippen molar-refractivity contribution < 1.29 is 123 Å². The van der Waals surface area contributed by atoms with Crippen molar-refractivity contribution >= 4 is 77.9 Å². The molecule has 5 amide bonds. The summed E-state index contributed by atoms with van der Waals surface area (Å²) >= 11 is 13.9. The van der Waals surface area contributed by atoms with Crippen LogP contribution >= 0.6 is 30.8 Å². The van der Waals surface area contributed by atoms with Gasteiger partial charge >= 0.3 is 13.6 Å². The van der Waals surface area contributed by atoms with E-state index < -0.39 is 251 Å². The number of fused-ring (bicyclic) bond motifs is 15. The van der Waals surface area contributed by atoms with Crippen molar-refractivity contribution in [2.45, 2.75) is 132 Å². The molecule has 1 fully saturated rings. The third kappa shape index (κ3) is 16.1. The molecule has 6 aliphatic heterocycles. The summed E-state index contributed by atoms with van der Waals surface area (Å²) in [6.07, 6.45) is -17.6. The number of hydrogen-bond acceptors (Lipinski definition) is 23. The Balaban J connectivity index is 1.32. The lowest BCUT2D eigenvalue weighted by atomic mass is 9.84. The molecule has 526 valence electrons. The third-order valence-corrected chi connectivity index (χ3v) is 18.4. The summed E-state index contributed by atoms with van der Waals surface area (Å²) < 4.78 is 36.8. The van der Waals surface area contributed by atoms with Crippen LogP contribution < -0.4 is 46.5 Å². The van der Waals surface area contributed by atoms with Gasteiger partial charge in [-0.2, -0.15) is 0 Å². The number of benzene rings is 5. The number of halogens is 2. The van der Waals surface area contributed by atoms with Crippen molar-refractivity contribution in [1.82, 2.24) is 26.6 Å². The van der Waals surface area contributed by atoms with Crippen LogP contribution in [0.3, 0.4) is 0 Å². The molecule has 14 atom stereocenters. The molecule has 1 saturated heterocycles. The summed E-state index contributed by atoms with van der Waals surface area (Å²) in [6, 6.07) is 3.90. The Kier molecular flexibility index (Phi) is 22.8. The minimum Gasteiger partial charge on any atom is -0.507 e. The van der Waals surface area contributed by atoms with Gasteiger partial charge in [-0.05, 0) is 95.6 Å². The first-order valence-corrected chi connectivity index (χ1v) is 33.1. The van der Waals surface area contributed by atoms with E-state index >= 15 is 14.4 Å². The number of aliphatic hydroxyl groups excluding tert-OH is 6. The highest BCUT2D eigenvalue weighted by atomic mass is 35.5. The summed E-state index contributed by atoms with van der Waals surface area (Å²) in [4.78, 5) is 136. The second kappa shape index (κ2) is 30.3. The first-order chi connectivity index (χ1) is 46.2. The molecule has 11 rings (SSSR count). The number of nitrogens with two attached hydrogens (primary N) is 1. The number of carbonyl (C=O) groups is 8. The topological polar surface area (TPSA) is 519 Å². The van der Waals surface area contributed by atoms with E-state index in [0.717, 1.165) is 60.7 Å². The van der Waals surface area contributed by atoms with Gasteiger partial charge in [-0.25, -0.2) is 4.79 Å². The predicted octanol–water partition coefficient (Wildman–Crippen LogP) is 2.51. The van der Waals surface area contributed by atoms with Gasteiger partial charge in [0.1, 0.15) is 83.5 Å². The molecule has 6 unspecified atom stereocenters. The molecular formula is C64H71Cl2N6O25P. The number of carbonyl (C=O) groups excluding carboxylic acids is 7. The summed E-state index contributed by atoms with van der Waals surface area (Å²) in [5.41, 5.74) is 2.15. The minimum atomic E-state index is -4.81. The van der Waals surface area contributed by atoms with Crippen LogP contribution in [-0.4, -0.2) is 164 Å². The van der Waals surface area contributed by atoms with Gasteiger partial charge in [0.05, 0.1) is 40.3 Å². The van der Waals surface area contributed by atoms with E-state index in [1.54, 1.807) is 6.92 Å². The molecule has 98 heavy (non-hydrogen) atoms. The number of ketones is 2. The first-order valence-electron chi connectivity index (χ1n) is 30.6. The van der Waals surface area contributed by atoms with Crippen LogP contribution in [-0.2, 0) is 54.2 Å². The van der Waals surface area contributed by atoms with E-state index in [1.807, 2.05) is 13.8 Å².